The molecule has 1 saturated carbocycles. The third kappa shape index (κ3) is 2.71. The highest BCUT2D eigenvalue weighted by molar-refractivity contribution is 5.84. The van der Waals surface area contributed by atoms with E-state index < -0.39 is 0 Å². The monoisotopic (exact) mass is 349 g/mol. The molecule has 134 valence electrons. The summed E-state index contributed by atoms with van der Waals surface area (Å²) in [6.07, 6.45) is 8.69. The molecule has 0 radical (unpaired) electrons. The summed E-state index contributed by atoms with van der Waals surface area (Å²) in [7, 11) is 0. The number of fused-ring (bicyclic) bond motifs is 1. The van der Waals surface area contributed by atoms with Crippen LogP contribution in [0.25, 0.3) is 22.4 Å². The predicted molar refractivity (Wildman–Crippen MR) is 98.9 cm³/mol. The maximum Gasteiger partial charge on any atom is 0.259 e. The van der Waals surface area contributed by atoms with Crippen molar-refractivity contribution < 1.29 is 9.26 Å². The molecule has 0 bridgehead atoms. The first kappa shape index (κ1) is 15.9. The van der Waals surface area contributed by atoms with Crippen LogP contribution in [-0.4, -0.2) is 27.3 Å². The summed E-state index contributed by atoms with van der Waals surface area (Å²) < 4.78 is 11.7. The van der Waals surface area contributed by atoms with Crippen molar-refractivity contribution in [3.63, 3.8) is 0 Å². The van der Waals surface area contributed by atoms with Gasteiger partial charge < -0.3 is 9.26 Å². The first-order chi connectivity index (χ1) is 12.7. The Morgan fingerprint density at radius 3 is 2.96 bits per heavy atom. The van der Waals surface area contributed by atoms with Crippen LogP contribution < -0.4 is 0 Å². The Labute approximate surface area is 152 Å². The van der Waals surface area contributed by atoms with E-state index in [1.54, 1.807) is 0 Å². The second-order valence-corrected chi connectivity index (χ2v) is 7.76. The van der Waals surface area contributed by atoms with E-state index in [0.717, 1.165) is 41.7 Å². The van der Waals surface area contributed by atoms with Gasteiger partial charge in [-0.2, -0.15) is 4.98 Å². The van der Waals surface area contributed by atoms with E-state index in [1.165, 1.54) is 31.2 Å². The Hall–Kier alpha value is -2.27. The second kappa shape index (κ2) is 6.16. The summed E-state index contributed by atoms with van der Waals surface area (Å²) >= 11 is 0. The van der Waals surface area contributed by atoms with Gasteiger partial charge in [-0.1, -0.05) is 36.2 Å². The molecule has 5 rings (SSSR count). The van der Waals surface area contributed by atoms with Crippen LogP contribution in [0.4, 0.5) is 0 Å². The van der Waals surface area contributed by atoms with Crippen LogP contribution in [-0.2, 0) is 4.74 Å². The fourth-order valence-electron chi connectivity index (χ4n) is 4.56. The van der Waals surface area contributed by atoms with Gasteiger partial charge in [-0.05, 0) is 44.2 Å². The van der Waals surface area contributed by atoms with Gasteiger partial charge >= 0.3 is 0 Å². The first-order valence-corrected chi connectivity index (χ1v) is 9.56. The van der Waals surface area contributed by atoms with Crippen molar-refractivity contribution in [1.82, 2.24) is 15.1 Å². The number of pyridine rings is 1. The van der Waals surface area contributed by atoms with Gasteiger partial charge in [0.1, 0.15) is 0 Å². The summed E-state index contributed by atoms with van der Waals surface area (Å²) in [4.78, 5) is 9.30. The van der Waals surface area contributed by atoms with Crippen molar-refractivity contribution >= 4 is 10.9 Å². The van der Waals surface area contributed by atoms with Crippen molar-refractivity contribution in [2.75, 3.05) is 6.61 Å². The van der Waals surface area contributed by atoms with Crippen molar-refractivity contribution in [1.29, 1.82) is 0 Å². The molecule has 1 atom stereocenters. The van der Waals surface area contributed by atoms with Gasteiger partial charge in [-0.25, -0.2) is 0 Å². The molecular formula is C21H23N3O2. The third-order valence-corrected chi connectivity index (χ3v) is 5.97. The summed E-state index contributed by atoms with van der Waals surface area (Å²) in [6, 6.07) is 8.27. The molecular weight excluding hydrogens is 326 g/mol. The molecule has 26 heavy (non-hydrogen) atoms. The lowest BCUT2D eigenvalue weighted by Gasteiger charge is -2.37. The maximum absolute atomic E-state index is 6.13. The molecule has 0 N–H and O–H groups in total. The number of aryl methyl sites for hydroxylation is 1. The minimum absolute atomic E-state index is 0.0613. The number of hydrogen-bond donors (Lipinski definition) is 0. The zero-order valence-electron chi connectivity index (χ0n) is 15.1. The van der Waals surface area contributed by atoms with E-state index in [1.807, 2.05) is 12.3 Å². The Bertz CT molecular complexity index is 943. The number of aromatic nitrogens is 3. The average Bonchev–Trinajstić information content (AvgIpc) is 3.32. The molecule has 3 aromatic rings. The minimum Gasteiger partial charge on any atom is -0.375 e. The highest BCUT2D eigenvalue weighted by atomic mass is 16.5. The number of benzene rings is 1. The molecule has 1 aromatic carbocycles. The van der Waals surface area contributed by atoms with Crippen LogP contribution >= 0.6 is 0 Å². The van der Waals surface area contributed by atoms with Gasteiger partial charge in [0.25, 0.3) is 5.89 Å². The van der Waals surface area contributed by atoms with Crippen LogP contribution in [0.1, 0.15) is 55.8 Å². The van der Waals surface area contributed by atoms with Crippen molar-refractivity contribution in [3.8, 4) is 11.5 Å². The number of ether oxygens (including phenoxy) is 1. The fourth-order valence-corrected chi connectivity index (χ4v) is 4.56. The number of nitrogens with zero attached hydrogens (tertiary/aromatic N) is 3. The van der Waals surface area contributed by atoms with Gasteiger partial charge in [0.05, 0.1) is 16.7 Å². The first-order valence-electron chi connectivity index (χ1n) is 9.56. The zero-order valence-corrected chi connectivity index (χ0v) is 15.1. The van der Waals surface area contributed by atoms with Gasteiger partial charge in [0.2, 0.25) is 0 Å². The quantitative estimate of drug-likeness (QED) is 0.665. The minimum atomic E-state index is 0.0613. The van der Waals surface area contributed by atoms with Crippen LogP contribution in [0.15, 0.2) is 35.0 Å². The molecule has 1 saturated heterocycles. The summed E-state index contributed by atoms with van der Waals surface area (Å²) in [5.41, 5.74) is 3.13. The number of hydrogen-bond acceptors (Lipinski definition) is 5. The molecule has 1 spiro atoms. The van der Waals surface area contributed by atoms with Gasteiger partial charge in [-0.3, -0.25) is 4.98 Å². The molecule has 0 amide bonds. The summed E-state index contributed by atoms with van der Waals surface area (Å²) in [5, 5.41) is 5.39. The highest BCUT2D eigenvalue weighted by Gasteiger charge is 2.41. The Kier molecular flexibility index (Phi) is 3.78. The normalized spacial score (nSPS) is 22.3. The van der Waals surface area contributed by atoms with Crippen molar-refractivity contribution in [2.45, 2.75) is 57.0 Å². The van der Waals surface area contributed by atoms with E-state index in [-0.39, 0.29) is 5.60 Å². The molecule has 1 aliphatic carbocycles. The molecule has 1 unspecified atom stereocenters. The van der Waals surface area contributed by atoms with Crippen LogP contribution in [0.5, 0.6) is 0 Å². The number of rotatable bonds is 2. The van der Waals surface area contributed by atoms with Crippen LogP contribution in [0, 0.1) is 6.92 Å². The van der Waals surface area contributed by atoms with E-state index in [4.69, 9.17) is 14.2 Å². The lowest BCUT2D eigenvalue weighted by Crippen LogP contribution is -2.36. The van der Waals surface area contributed by atoms with Gasteiger partial charge in [0.15, 0.2) is 5.82 Å². The molecule has 2 fully saturated rings. The van der Waals surface area contributed by atoms with Crippen molar-refractivity contribution in [2.24, 2.45) is 0 Å². The molecule has 5 heteroatoms. The van der Waals surface area contributed by atoms with Crippen molar-refractivity contribution in [3.05, 3.63) is 41.9 Å². The SMILES string of the molecule is Cc1cccc2cc(-c3nc(C4CCOC5(CCCC5)C4)no3)cnc12. The highest BCUT2D eigenvalue weighted by Crippen LogP contribution is 2.44. The standard InChI is InChI=1S/C21H23N3O2/c1-14-5-4-6-15-11-17(13-22-18(14)15)20-23-19(24-26-20)16-7-10-25-21(12-16)8-2-3-9-21/h4-6,11,13,16H,2-3,7-10,12H2,1H3. The van der Waals surface area contributed by atoms with Gasteiger partial charge in [-0.15, -0.1) is 0 Å². The maximum atomic E-state index is 6.13. The topological polar surface area (TPSA) is 61.0 Å². The van der Waals surface area contributed by atoms with E-state index in [0.29, 0.717) is 11.8 Å². The molecule has 3 heterocycles. The summed E-state index contributed by atoms with van der Waals surface area (Å²) in [6.45, 7) is 2.87. The molecule has 1 aliphatic heterocycles. The van der Waals surface area contributed by atoms with Crippen LogP contribution in [0.2, 0.25) is 0 Å². The Balaban J connectivity index is 1.43. The average molecular weight is 349 g/mol. The third-order valence-electron chi connectivity index (χ3n) is 5.97. The number of para-hydroxylation sites is 1. The van der Waals surface area contributed by atoms with Gasteiger partial charge in [0, 0.05) is 24.1 Å². The molecule has 2 aliphatic rings. The Morgan fingerprint density at radius 1 is 1.19 bits per heavy atom. The molecule has 5 nitrogen and oxygen atoms in total. The summed E-state index contributed by atoms with van der Waals surface area (Å²) in [5.74, 6) is 1.71. The smallest absolute Gasteiger partial charge is 0.259 e. The zero-order chi connectivity index (χ0) is 17.6. The van der Waals surface area contributed by atoms with E-state index >= 15 is 0 Å². The van der Waals surface area contributed by atoms with E-state index in [9.17, 15) is 0 Å². The predicted octanol–water partition coefficient (Wildman–Crippen LogP) is 4.80. The van der Waals surface area contributed by atoms with E-state index in [2.05, 4.69) is 35.3 Å². The van der Waals surface area contributed by atoms with Crippen LogP contribution in [0.3, 0.4) is 0 Å². The lowest BCUT2D eigenvalue weighted by molar-refractivity contribution is -0.0815. The largest absolute Gasteiger partial charge is 0.375 e. The lowest BCUT2D eigenvalue weighted by atomic mass is 9.84. The molecule has 2 aromatic heterocycles. The fraction of sp³-hybridized carbons (Fsp3) is 0.476. The second-order valence-electron chi connectivity index (χ2n) is 7.76. The Morgan fingerprint density at radius 2 is 2.08 bits per heavy atom.